The number of pyridine rings is 1. The topological polar surface area (TPSA) is 7.12 Å². The Labute approximate surface area is 154 Å². The quantitative estimate of drug-likeness (QED) is 0.437. The molecule has 0 unspecified atom stereocenters. The van der Waals surface area contributed by atoms with Crippen molar-refractivity contribution in [1.29, 1.82) is 0 Å². The molecule has 2 heteroatoms. The maximum Gasteiger partial charge on any atom is 0.169 e. The van der Waals surface area contributed by atoms with Gasteiger partial charge in [-0.25, -0.2) is 4.57 Å². The Hall–Kier alpha value is -3.39. The van der Waals surface area contributed by atoms with Gasteiger partial charge in [0, 0.05) is 29.2 Å². The Kier molecular flexibility index (Phi) is 4.48. The predicted molar refractivity (Wildman–Crippen MR) is 108 cm³/mol. The summed E-state index contributed by atoms with van der Waals surface area (Å²) >= 11 is 0. The number of nitrogens with zero attached hydrogens (tertiary/aromatic N) is 2. The Morgan fingerprint density at radius 1 is 0.500 bits per heavy atom. The van der Waals surface area contributed by atoms with Crippen molar-refractivity contribution in [3.8, 4) is 11.1 Å². The first-order valence-electron chi connectivity index (χ1n) is 8.77. The molecular weight excluding hydrogens is 316 g/mol. The lowest BCUT2D eigenvalue weighted by molar-refractivity contribution is -0.671. The van der Waals surface area contributed by atoms with Crippen LogP contribution in [-0.2, 0) is 7.05 Å². The molecule has 126 valence electrons. The molecule has 0 saturated carbocycles. The average Bonchev–Trinajstić information content (AvgIpc) is 2.71. The van der Waals surface area contributed by atoms with E-state index < -0.39 is 0 Å². The fourth-order valence-corrected chi connectivity index (χ4v) is 3.10. The molecule has 0 N–H and O–H groups in total. The fourth-order valence-electron chi connectivity index (χ4n) is 3.10. The number of aromatic nitrogens is 1. The van der Waals surface area contributed by atoms with Crippen LogP contribution >= 0.6 is 0 Å². The summed E-state index contributed by atoms with van der Waals surface area (Å²) in [5, 5.41) is 0. The molecule has 1 aromatic heterocycles. The van der Waals surface area contributed by atoms with Crippen molar-refractivity contribution in [1.82, 2.24) is 0 Å². The van der Waals surface area contributed by atoms with E-state index >= 15 is 0 Å². The van der Waals surface area contributed by atoms with E-state index in [0.717, 1.165) is 17.1 Å². The summed E-state index contributed by atoms with van der Waals surface area (Å²) < 4.78 is 2.05. The van der Waals surface area contributed by atoms with Crippen molar-refractivity contribution in [2.24, 2.45) is 7.05 Å². The van der Waals surface area contributed by atoms with E-state index in [4.69, 9.17) is 0 Å². The second-order valence-electron chi connectivity index (χ2n) is 6.31. The number of para-hydroxylation sites is 2. The van der Waals surface area contributed by atoms with Gasteiger partial charge in [-0.1, -0.05) is 48.5 Å². The molecule has 26 heavy (non-hydrogen) atoms. The zero-order valence-corrected chi connectivity index (χ0v) is 14.8. The lowest BCUT2D eigenvalue weighted by Crippen LogP contribution is -2.25. The maximum absolute atomic E-state index is 2.27. The van der Waals surface area contributed by atoms with Gasteiger partial charge in [-0.2, -0.15) is 0 Å². The van der Waals surface area contributed by atoms with Gasteiger partial charge in [-0.3, -0.25) is 0 Å². The van der Waals surface area contributed by atoms with Gasteiger partial charge >= 0.3 is 0 Å². The molecule has 0 saturated heterocycles. The standard InChI is InChI=1S/C24H21N2/c1-25-18-16-21(17-19-25)20-12-14-24(15-13-20)26(22-8-4-2-5-9-22)23-10-6-3-7-11-23/h2-19H,1H3/q+1. The van der Waals surface area contributed by atoms with Crippen LogP contribution in [0.15, 0.2) is 109 Å². The lowest BCUT2D eigenvalue weighted by Gasteiger charge is -2.25. The molecule has 0 amide bonds. The van der Waals surface area contributed by atoms with E-state index in [1.54, 1.807) is 0 Å². The minimum atomic E-state index is 1.15. The summed E-state index contributed by atoms with van der Waals surface area (Å²) in [6, 6.07) is 33.9. The summed E-state index contributed by atoms with van der Waals surface area (Å²) in [7, 11) is 2.03. The van der Waals surface area contributed by atoms with Crippen molar-refractivity contribution in [3.63, 3.8) is 0 Å². The first kappa shape index (κ1) is 16.1. The van der Waals surface area contributed by atoms with Crippen LogP contribution in [0.1, 0.15) is 0 Å². The normalized spacial score (nSPS) is 10.5. The van der Waals surface area contributed by atoms with Gasteiger partial charge in [0.2, 0.25) is 0 Å². The van der Waals surface area contributed by atoms with Gasteiger partial charge in [0.25, 0.3) is 0 Å². The highest BCUT2D eigenvalue weighted by atomic mass is 15.1. The minimum absolute atomic E-state index is 1.15. The van der Waals surface area contributed by atoms with Crippen LogP contribution in [0.2, 0.25) is 0 Å². The van der Waals surface area contributed by atoms with Crippen LogP contribution in [-0.4, -0.2) is 0 Å². The molecule has 0 atom stereocenters. The van der Waals surface area contributed by atoms with Crippen LogP contribution in [0, 0.1) is 0 Å². The number of hydrogen-bond acceptors (Lipinski definition) is 1. The number of rotatable bonds is 4. The molecule has 0 aliphatic heterocycles. The van der Waals surface area contributed by atoms with Gasteiger partial charge in [0.05, 0.1) is 0 Å². The first-order valence-corrected chi connectivity index (χ1v) is 8.77. The number of aryl methyl sites for hydroxylation is 1. The SMILES string of the molecule is C[n+]1ccc(-c2ccc(N(c3ccccc3)c3ccccc3)cc2)cc1. The highest BCUT2D eigenvalue weighted by Gasteiger charge is 2.11. The molecule has 0 fully saturated rings. The molecule has 0 aliphatic rings. The average molecular weight is 337 g/mol. The van der Waals surface area contributed by atoms with E-state index in [-0.39, 0.29) is 0 Å². The molecule has 2 nitrogen and oxygen atoms in total. The van der Waals surface area contributed by atoms with Crippen LogP contribution < -0.4 is 9.47 Å². The third-order valence-corrected chi connectivity index (χ3v) is 4.47. The van der Waals surface area contributed by atoms with Crippen LogP contribution in [0.4, 0.5) is 17.1 Å². The minimum Gasteiger partial charge on any atom is -0.311 e. The molecule has 4 rings (SSSR count). The van der Waals surface area contributed by atoms with Gasteiger partial charge in [-0.15, -0.1) is 0 Å². The summed E-state index contributed by atoms with van der Waals surface area (Å²) in [5.74, 6) is 0. The number of anilines is 3. The highest BCUT2D eigenvalue weighted by molar-refractivity contribution is 5.78. The van der Waals surface area contributed by atoms with E-state index in [9.17, 15) is 0 Å². The van der Waals surface area contributed by atoms with E-state index in [1.807, 2.05) is 23.7 Å². The molecule has 0 aliphatic carbocycles. The predicted octanol–water partition coefficient (Wildman–Crippen LogP) is 5.65. The third-order valence-electron chi connectivity index (χ3n) is 4.47. The molecule has 3 aromatic carbocycles. The van der Waals surface area contributed by atoms with Crippen molar-refractivity contribution in [3.05, 3.63) is 109 Å². The van der Waals surface area contributed by atoms with Gasteiger partial charge < -0.3 is 4.90 Å². The number of hydrogen-bond donors (Lipinski definition) is 0. The van der Waals surface area contributed by atoms with Crippen molar-refractivity contribution < 1.29 is 4.57 Å². The smallest absolute Gasteiger partial charge is 0.169 e. The van der Waals surface area contributed by atoms with E-state index in [1.165, 1.54) is 11.1 Å². The van der Waals surface area contributed by atoms with Crippen molar-refractivity contribution in [2.45, 2.75) is 0 Å². The monoisotopic (exact) mass is 337 g/mol. The van der Waals surface area contributed by atoms with Gasteiger partial charge in [0.15, 0.2) is 12.4 Å². The van der Waals surface area contributed by atoms with Crippen LogP contribution in [0.5, 0.6) is 0 Å². The maximum atomic E-state index is 2.27. The summed E-state index contributed by atoms with van der Waals surface area (Å²) in [5.41, 5.74) is 5.89. The van der Waals surface area contributed by atoms with Crippen molar-refractivity contribution in [2.75, 3.05) is 4.90 Å². The van der Waals surface area contributed by atoms with E-state index in [0.29, 0.717) is 0 Å². The Morgan fingerprint density at radius 3 is 1.42 bits per heavy atom. The third kappa shape index (κ3) is 3.35. The molecule has 0 radical (unpaired) electrons. The fraction of sp³-hybridized carbons (Fsp3) is 0.0417. The van der Waals surface area contributed by atoms with Crippen LogP contribution in [0.25, 0.3) is 11.1 Å². The Bertz CT molecular complexity index is 921. The van der Waals surface area contributed by atoms with E-state index in [2.05, 4.69) is 102 Å². The molecule has 0 bridgehead atoms. The van der Waals surface area contributed by atoms with Crippen molar-refractivity contribution >= 4 is 17.1 Å². The summed E-state index contributed by atoms with van der Waals surface area (Å²) in [4.78, 5) is 2.27. The zero-order chi connectivity index (χ0) is 17.8. The Balaban J connectivity index is 1.73. The van der Waals surface area contributed by atoms with Crippen LogP contribution in [0.3, 0.4) is 0 Å². The zero-order valence-electron chi connectivity index (χ0n) is 14.8. The summed E-state index contributed by atoms with van der Waals surface area (Å²) in [6.07, 6.45) is 4.15. The molecule has 1 heterocycles. The Morgan fingerprint density at radius 2 is 0.923 bits per heavy atom. The molecular formula is C24H21N2+. The molecule has 0 spiro atoms. The second kappa shape index (κ2) is 7.24. The summed E-state index contributed by atoms with van der Waals surface area (Å²) in [6.45, 7) is 0. The lowest BCUT2D eigenvalue weighted by atomic mass is 10.1. The number of benzene rings is 3. The van der Waals surface area contributed by atoms with Gasteiger partial charge in [0.1, 0.15) is 7.05 Å². The second-order valence-corrected chi connectivity index (χ2v) is 6.31. The molecule has 4 aromatic rings. The first-order chi connectivity index (χ1) is 12.8. The largest absolute Gasteiger partial charge is 0.311 e. The van der Waals surface area contributed by atoms with Gasteiger partial charge in [-0.05, 0) is 47.5 Å². The highest BCUT2D eigenvalue weighted by Crippen LogP contribution is 2.34.